The van der Waals surface area contributed by atoms with E-state index in [2.05, 4.69) is 5.16 Å². The number of rotatable bonds is 4. The number of carbonyl (C=O) groups is 1. The molecule has 0 heterocycles. The Balaban J connectivity index is 1.98. The molecular weight excluding hydrogens is 242 g/mol. The molecule has 96 valence electrons. The Kier molecular flexibility index (Phi) is 4.29. The maximum Gasteiger partial charge on any atom is 0.365 e. The van der Waals surface area contributed by atoms with Gasteiger partial charge in [0, 0.05) is 0 Å². The van der Waals surface area contributed by atoms with Crippen molar-refractivity contribution in [3.63, 3.8) is 0 Å². The van der Waals surface area contributed by atoms with Gasteiger partial charge in [0.15, 0.2) is 0 Å². The van der Waals surface area contributed by atoms with E-state index in [1.54, 1.807) is 37.4 Å². The minimum atomic E-state index is -0.486. The molecule has 19 heavy (non-hydrogen) atoms. The Morgan fingerprint density at radius 1 is 1.11 bits per heavy atom. The van der Waals surface area contributed by atoms with Gasteiger partial charge in [-0.05, 0) is 29.8 Å². The first-order chi connectivity index (χ1) is 9.29. The zero-order chi connectivity index (χ0) is 13.5. The predicted molar refractivity (Wildman–Crippen MR) is 72.4 cm³/mol. The molecule has 4 heteroatoms. The second-order valence-corrected chi connectivity index (χ2v) is 3.76. The van der Waals surface area contributed by atoms with Crippen LogP contribution in [0, 0.1) is 0 Å². The lowest BCUT2D eigenvalue weighted by molar-refractivity contribution is 0.0519. The van der Waals surface area contributed by atoms with Crippen LogP contribution >= 0.6 is 0 Å². The van der Waals surface area contributed by atoms with Gasteiger partial charge in [-0.25, -0.2) is 4.79 Å². The van der Waals surface area contributed by atoms with Crippen LogP contribution in [0.15, 0.2) is 59.8 Å². The molecule has 2 aromatic carbocycles. The third kappa shape index (κ3) is 3.67. The van der Waals surface area contributed by atoms with Crippen molar-refractivity contribution in [1.82, 2.24) is 0 Å². The standard InChI is InChI=1S/C15H13NO3/c1-18-14-9-5-6-12(10-14)11-16-19-15(17)13-7-3-2-4-8-13/h2-11H,1H3. The zero-order valence-electron chi connectivity index (χ0n) is 10.4. The minimum Gasteiger partial charge on any atom is -0.497 e. The first-order valence-electron chi connectivity index (χ1n) is 5.73. The fraction of sp³-hybridized carbons (Fsp3) is 0.0667. The number of hydrogen-bond acceptors (Lipinski definition) is 4. The van der Waals surface area contributed by atoms with Gasteiger partial charge in [0.1, 0.15) is 5.75 Å². The van der Waals surface area contributed by atoms with Crippen molar-refractivity contribution in [2.75, 3.05) is 7.11 Å². The molecule has 0 fully saturated rings. The summed E-state index contributed by atoms with van der Waals surface area (Å²) >= 11 is 0. The SMILES string of the molecule is COc1cccc(C=NOC(=O)c2ccccc2)c1. The smallest absolute Gasteiger partial charge is 0.365 e. The molecule has 4 nitrogen and oxygen atoms in total. The van der Waals surface area contributed by atoms with E-state index in [1.807, 2.05) is 24.3 Å². The van der Waals surface area contributed by atoms with Crippen LogP contribution in [0.1, 0.15) is 15.9 Å². The van der Waals surface area contributed by atoms with E-state index in [0.717, 1.165) is 11.3 Å². The third-order valence-corrected chi connectivity index (χ3v) is 2.44. The number of oxime groups is 1. The fourth-order valence-corrected chi connectivity index (χ4v) is 1.48. The molecule has 0 radical (unpaired) electrons. The number of carbonyl (C=O) groups excluding carboxylic acids is 1. The van der Waals surface area contributed by atoms with E-state index in [9.17, 15) is 4.79 Å². The molecule has 0 aromatic heterocycles. The monoisotopic (exact) mass is 255 g/mol. The van der Waals surface area contributed by atoms with E-state index in [0.29, 0.717) is 5.56 Å². The largest absolute Gasteiger partial charge is 0.497 e. The van der Waals surface area contributed by atoms with Crippen LogP contribution in [0.4, 0.5) is 0 Å². The second kappa shape index (κ2) is 6.35. The molecule has 0 N–H and O–H groups in total. The lowest BCUT2D eigenvalue weighted by Gasteiger charge is -2.00. The number of methoxy groups -OCH3 is 1. The summed E-state index contributed by atoms with van der Waals surface area (Å²) in [5, 5.41) is 3.66. The summed E-state index contributed by atoms with van der Waals surface area (Å²) in [5.74, 6) is 0.234. The van der Waals surface area contributed by atoms with Crippen LogP contribution in [-0.2, 0) is 4.84 Å². The highest BCUT2D eigenvalue weighted by Gasteiger charge is 2.04. The summed E-state index contributed by atoms with van der Waals surface area (Å²) in [7, 11) is 1.59. The topological polar surface area (TPSA) is 47.9 Å². The Hall–Kier alpha value is -2.62. The maximum absolute atomic E-state index is 11.6. The predicted octanol–water partition coefficient (Wildman–Crippen LogP) is 2.89. The van der Waals surface area contributed by atoms with Crippen LogP contribution in [0.25, 0.3) is 0 Å². The van der Waals surface area contributed by atoms with E-state index in [-0.39, 0.29) is 0 Å². The first kappa shape index (κ1) is 12.8. The van der Waals surface area contributed by atoms with Crippen LogP contribution in [-0.4, -0.2) is 19.3 Å². The second-order valence-electron chi connectivity index (χ2n) is 3.76. The number of nitrogens with zero attached hydrogens (tertiary/aromatic N) is 1. The van der Waals surface area contributed by atoms with Crippen molar-refractivity contribution in [2.24, 2.45) is 5.16 Å². The maximum atomic E-state index is 11.6. The van der Waals surface area contributed by atoms with E-state index >= 15 is 0 Å². The zero-order valence-corrected chi connectivity index (χ0v) is 10.4. The van der Waals surface area contributed by atoms with Crippen molar-refractivity contribution >= 4 is 12.2 Å². The van der Waals surface area contributed by atoms with Gasteiger partial charge < -0.3 is 9.57 Å². The minimum absolute atomic E-state index is 0.463. The van der Waals surface area contributed by atoms with Crippen molar-refractivity contribution in [1.29, 1.82) is 0 Å². The lowest BCUT2D eigenvalue weighted by atomic mass is 10.2. The van der Waals surface area contributed by atoms with E-state index in [1.165, 1.54) is 6.21 Å². The molecule has 2 aromatic rings. The lowest BCUT2D eigenvalue weighted by Crippen LogP contribution is -2.00. The molecule has 0 saturated carbocycles. The van der Waals surface area contributed by atoms with Gasteiger partial charge in [-0.1, -0.05) is 35.5 Å². The molecule has 0 saturated heterocycles. The van der Waals surface area contributed by atoms with Crippen LogP contribution in [0.3, 0.4) is 0 Å². The van der Waals surface area contributed by atoms with Crippen molar-refractivity contribution in [2.45, 2.75) is 0 Å². The van der Waals surface area contributed by atoms with Gasteiger partial charge in [-0.15, -0.1) is 0 Å². The molecule has 0 unspecified atom stereocenters. The molecule has 0 amide bonds. The van der Waals surface area contributed by atoms with Gasteiger partial charge in [0.05, 0.1) is 18.9 Å². The summed E-state index contributed by atoms with van der Waals surface area (Å²) in [5.41, 5.74) is 1.26. The number of benzene rings is 2. The summed E-state index contributed by atoms with van der Waals surface area (Å²) in [6.07, 6.45) is 1.46. The molecule has 0 aliphatic carbocycles. The van der Waals surface area contributed by atoms with Crippen LogP contribution in [0.2, 0.25) is 0 Å². The van der Waals surface area contributed by atoms with Gasteiger partial charge in [-0.2, -0.15) is 0 Å². The first-order valence-corrected chi connectivity index (χ1v) is 5.73. The summed E-state index contributed by atoms with van der Waals surface area (Å²) < 4.78 is 5.08. The number of hydrogen-bond donors (Lipinski definition) is 0. The third-order valence-electron chi connectivity index (χ3n) is 2.44. The summed E-state index contributed by atoms with van der Waals surface area (Å²) in [4.78, 5) is 16.4. The highest BCUT2D eigenvalue weighted by atomic mass is 16.7. The van der Waals surface area contributed by atoms with Crippen molar-refractivity contribution in [3.05, 3.63) is 65.7 Å². The van der Waals surface area contributed by atoms with Crippen molar-refractivity contribution < 1.29 is 14.4 Å². The Morgan fingerprint density at radius 3 is 2.63 bits per heavy atom. The van der Waals surface area contributed by atoms with E-state index < -0.39 is 5.97 Å². The van der Waals surface area contributed by atoms with Crippen LogP contribution in [0.5, 0.6) is 5.75 Å². The molecule has 2 rings (SSSR count). The quantitative estimate of drug-likeness (QED) is 0.479. The molecule has 0 bridgehead atoms. The van der Waals surface area contributed by atoms with Gasteiger partial charge >= 0.3 is 5.97 Å². The van der Waals surface area contributed by atoms with Gasteiger partial charge in [-0.3, -0.25) is 0 Å². The summed E-state index contributed by atoms with van der Waals surface area (Å²) in [6.45, 7) is 0. The molecule has 0 aliphatic heterocycles. The fourth-order valence-electron chi connectivity index (χ4n) is 1.48. The Bertz CT molecular complexity index is 579. The average molecular weight is 255 g/mol. The van der Waals surface area contributed by atoms with Crippen LogP contribution < -0.4 is 4.74 Å². The van der Waals surface area contributed by atoms with Gasteiger partial charge in [0.2, 0.25) is 0 Å². The Labute approximate surface area is 111 Å². The highest BCUT2D eigenvalue weighted by molar-refractivity contribution is 5.90. The molecule has 0 spiro atoms. The Morgan fingerprint density at radius 2 is 1.89 bits per heavy atom. The normalized spacial score (nSPS) is 10.4. The molecule has 0 atom stereocenters. The number of ether oxygens (including phenoxy) is 1. The summed E-state index contributed by atoms with van der Waals surface area (Å²) in [6, 6.07) is 16.0. The van der Waals surface area contributed by atoms with E-state index in [4.69, 9.17) is 9.57 Å². The average Bonchev–Trinajstić information content (AvgIpc) is 2.48. The van der Waals surface area contributed by atoms with Gasteiger partial charge in [0.25, 0.3) is 0 Å². The highest BCUT2D eigenvalue weighted by Crippen LogP contribution is 2.11. The van der Waals surface area contributed by atoms with Crippen molar-refractivity contribution in [3.8, 4) is 5.75 Å². The molecular formula is C15H13NO3. The molecule has 0 aliphatic rings.